The van der Waals surface area contributed by atoms with Crippen LogP contribution in [0.15, 0.2) is 48.0 Å². The fourth-order valence-corrected chi connectivity index (χ4v) is 4.25. The average molecular weight is 411 g/mol. The Morgan fingerprint density at radius 2 is 2.03 bits per heavy atom. The van der Waals surface area contributed by atoms with Crippen molar-refractivity contribution in [3.63, 3.8) is 0 Å². The molecule has 4 rings (SSSR count). The van der Waals surface area contributed by atoms with E-state index < -0.39 is 0 Å². The second kappa shape index (κ2) is 9.04. The van der Waals surface area contributed by atoms with Gasteiger partial charge in [-0.2, -0.15) is 4.37 Å². The van der Waals surface area contributed by atoms with Gasteiger partial charge in [0.15, 0.2) is 5.96 Å². The van der Waals surface area contributed by atoms with Gasteiger partial charge in [0.1, 0.15) is 5.82 Å². The van der Waals surface area contributed by atoms with E-state index in [2.05, 4.69) is 59.6 Å². The Hall–Kier alpha value is -2.94. The molecule has 0 radical (unpaired) electrons. The molecule has 3 heterocycles. The van der Waals surface area contributed by atoms with Crippen LogP contribution < -0.4 is 10.2 Å². The highest BCUT2D eigenvalue weighted by Gasteiger charge is 2.22. The van der Waals surface area contributed by atoms with Crippen LogP contribution >= 0.6 is 11.5 Å². The quantitative estimate of drug-likeness (QED) is 0.513. The number of guanidine groups is 1. The number of rotatable bonds is 5. The van der Waals surface area contributed by atoms with Gasteiger partial charge in [0.2, 0.25) is 5.13 Å². The van der Waals surface area contributed by atoms with E-state index in [1.165, 1.54) is 17.1 Å². The fourth-order valence-electron chi connectivity index (χ4n) is 3.45. The molecule has 0 saturated carbocycles. The van der Waals surface area contributed by atoms with Crippen molar-refractivity contribution in [2.24, 2.45) is 4.99 Å². The van der Waals surface area contributed by atoms with Crippen molar-refractivity contribution in [3.05, 3.63) is 54.4 Å². The number of hydrogen-bond acceptors (Lipinski definition) is 6. The minimum atomic E-state index is 0.706. The molecule has 0 amide bonds. The summed E-state index contributed by atoms with van der Waals surface area (Å²) in [5, 5.41) is 4.55. The lowest BCUT2D eigenvalue weighted by Gasteiger charge is -2.36. The van der Waals surface area contributed by atoms with E-state index in [1.54, 1.807) is 6.20 Å². The number of hydrogen-bond donors (Lipinski definition) is 1. The summed E-state index contributed by atoms with van der Waals surface area (Å²) in [6, 6.07) is 8.34. The SMILES string of the molecule is CCc1nsc(N2CCN(C(=NC)NCc3ccccc3-n3ccnc3)CC2)n1. The van der Waals surface area contributed by atoms with Crippen LogP contribution in [-0.2, 0) is 13.0 Å². The number of nitrogens with zero attached hydrogens (tertiary/aromatic N) is 7. The zero-order valence-corrected chi connectivity index (χ0v) is 17.6. The van der Waals surface area contributed by atoms with Crippen LogP contribution in [-0.4, -0.2) is 63.0 Å². The minimum absolute atomic E-state index is 0.706. The van der Waals surface area contributed by atoms with E-state index >= 15 is 0 Å². The maximum Gasteiger partial charge on any atom is 0.205 e. The molecule has 0 unspecified atom stereocenters. The molecule has 29 heavy (non-hydrogen) atoms. The Bertz CT molecular complexity index is 941. The summed E-state index contributed by atoms with van der Waals surface area (Å²) in [4.78, 5) is 17.9. The molecule has 1 fully saturated rings. The number of aromatic nitrogens is 4. The highest BCUT2D eigenvalue weighted by Crippen LogP contribution is 2.19. The number of aliphatic imine (C=N–C) groups is 1. The fraction of sp³-hybridized carbons (Fsp3) is 0.400. The number of piperazine rings is 1. The third-order valence-corrected chi connectivity index (χ3v) is 5.86. The molecule has 0 bridgehead atoms. The van der Waals surface area contributed by atoms with Gasteiger partial charge in [-0.25, -0.2) is 9.97 Å². The summed E-state index contributed by atoms with van der Waals surface area (Å²) < 4.78 is 6.44. The molecular formula is C20H26N8S. The van der Waals surface area contributed by atoms with Crippen LogP contribution in [0.25, 0.3) is 5.69 Å². The Morgan fingerprint density at radius 1 is 1.21 bits per heavy atom. The van der Waals surface area contributed by atoms with Crippen LogP contribution in [0.1, 0.15) is 18.3 Å². The highest BCUT2D eigenvalue weighted by molar-refractivity contribution is 7.09. The monoisotopic (exact) mass is 410 g/mol. The van der Waals surface area contributed by atoms with Crippen molar-refractivity contribution >= 4 is 22.6 Å². The van der Waals surface area contributed by atoms with Gasteiger partial charge in [0.05, 0.1) is 12.0 Å². The van der Waals surface area contributed by atoms with Gasteiger partial charge in [-0.1, -0.05) is 25.1 Å². The third-order valence-electron chi connectivity index (χ3n) is 5.05. The molecule has 1 aromatic carbocycles. The summed E-state index contributed by atoms with van der Waals surface area (Å²) in [7, 11) is 1.84. The maximum atomic E-state index is 4.61. The molecule has 9 heteroatoms. The lowest BCUT2D eigenvalue weighted by Crippen LogP contribution is -2.52. The van der Waals surface area contributed by atoms with E-state index in [1.807, 2.05) is 30.2 Å². The molecule has 0 spiro atoms. The molecule has 152 valence electrons. The van der Waals surface area contributed by atoms with Gasteiger partial charge in [-0.3, -0.25) is 4.99 Å². The summed E-state index contributed by atoms with van der Waals surface area (Å²) in [6.07, 6.45) is 6.46. The van der Waals surface area contributed by atoms with E-state index in [-0.39, 0.29) is 0 Å². The normalized spacial score (nSPS) is 15.0. The van der Waals surface area contributed by atoms with E-state index in [0.29, 0.717) is 6.54 Å². The zero-order chi connectivity index (χ0) is 20.1. The number of benzene rings is 1. The average Bonchev–Trinajstić information content (AvgIpc) is 3.47. The standard InChI is InChI=1S/C20H26N8S/c1-3-18-24-20(29-25-18)27-12-10-26(11-13-27)19(21-2)23-14-16-6-4-5-7-17(16)28-9-8-22-15-28/h4-9,15H,3,10-14H2,1-2H3,(H,21,23). The first-order valence-corrected chi connectivity index (χ1v) is 10.6. The molecule has 8 nitrogen and oxygen atoms in total. The first kappa shape index (κ1) is 19.4. The molecule has 0 atom stereocenters. The van der Waals surface area contributed by atoms with Crippen molar-refractivity contribution in [1.29, 1.82) is 0 Å². The van der Waals surface area contributed by atoms with Crippen molar-refractivity contribution < 1.29 is 0 Å². The van der Waals surface area contributed by atoms with Crippen LogP contribution in [0.4, 0.5) is 5.13 Å². The third kappa shape index (κ3) is 4.40. The molecular weight excluding hydrogens is 384 g/mol. The number of para-hydroxylation sites is 1. The Kier molecular flexibility index (Phi) is 6.04. The molecule has 1 saturated heterocycles. The molecule has 0 aliphatic carbocycles. The first-order chi connectivity index (χ1) is 14.3. The summed E-state index contributed by atoms with van der Waals surface area (Å²) in [5.74, 6) is 1.86. The number of nitrogens with one attached hydrogen (secondary N) is 1. The van der Waals surface area contributed by atoms with Crippen molar-refractivity contribution in [2.75, 3.05) is 38.1 Å². The van der Waals surface area contributed by atoms with E-state index in [4.69, 9.17) is 0 Å². The molecule has 2 aromatic heterocycles. The smallest absolute Gasteiger partial charge is 0.205 e. The van der Waals surface area contributed by atoms with Gasteiger partial charge in [-0.15, -0.1) is 0 Å². The van der Waals surface area contributed by atoms with Crippen molar-refractivity contribution in [3.8, 4) is 5.69 Å². The maximum absolute atomic E-state index is 4.61. The highest BCUT2D eigenvalue weighted by atomic mass is 32.1. The van der Waals surface area contributed by atoms with Crippen molar-refractivity contribution in [2.45, 2.75) is 19.9 Å². The van der Waals surface area contributed by atoms with Gasteiger partial charge >= 0.3 is 0 Å². The number of imidazole rings is 1. The first-order valence-electron chi connectivity index (χ1n) is 9.88. The van der Waals surface area contributed by atoms with E-state index in [0.717, 1.165) is 55.2 Å². The second-order valence-electron chi connectivity index (χ2n) is 6.82. The van der Waals surface area contributed by atoms with E-state index in [9.17, 15) is 0 Å². The van der Waals surface area contributed by atoms with Crippen molar-refractivity contribution in [1.82, 2.24) is 29.1 Å². The second-order valence-corrected chi connectivity index (χ2v) is 7.55. The van der Waals surface area contributed by atoms with Gasteiger partial charge in [-0.05, 0) is 11.6 Å². The number of aryl methyl sites for hydroxylation is 1. The minimum Gasteiger partial charge on any atom is -0.352 e. The van der Waals surface area contributed by atoms with Crippen LogP contribution in [0.5, 0.6) is 0 Å². The van der Waals surface area contributed by atoms with Crippen LogP contribution in [0, 0.1) is 0 Å². The molecule has 1 aliphatic heterocycles. The zero-order valence-electron chi connectivity index (χ0n) is 16.8. The lowest BCUT2D eigenvalue weighted by molar-refractivity contribution is 0.372. The molecule has 1 aliphatic rings. The van der Waals surface area contributed by atoms with Crippen LogP contribution in [0.3, 0.4) is 0 Å². The largest absolute Gasteiger partial charge is 0.352 e. The van der Waals surface area contributed by atoms with Crippen LogP contribution in [0.2, 0.25) is 0 Å². The van der Waals surface area contributed by atoms with Gasteiger partial charge < -0.3 is 19.7 Å². The Morgan fingerprint density at radius 3 is 2.72 bits per heavy atom. The van der Waals surface area contributed by atoms with Gasteiger partial charge in [0.25, 0.3) is 0 Å². The number of anilines is 1. The molecule has 3 aromatic rings. The Labute approximate surface area is 175 Å². The van der Waals surface area contributed by atoms with Gasteiger partial charge in [0, 0.05) is 70.1 Å². The predicted octanol–water partition coefficient (Wildman–Crippen LogP) is 2.18. The topological polar surface area (TPSA) is 74.5 Å². The summed E-state index contributed by atoms with van der Waals surface area (Å²) >= 11 is 1.50. The Balaban J connectivity index is 1.36. The summed E-state index contributed by atoms with van der Waals surface area (Å²) in [6.45, 7) is 6.45. The lowest BCUT2D eigenvalue weighted by atomic mass is 10.1. The predicted molar refractivity (Wildman–Crippen MR) is 117 cm³/mol. The summed E-state index contributed by atoms with van der Waals surface area (Å²) in [5.41, 5.74) is 2.33. The molecule has 1 N–H and O–H groups in total.